The zero-order valence-corrected chi connectivity index (χ0v) is 9.82. The zero-order chi connectivity index (χ0) is 11.5. The van der Waals surface area contributed by atoms with E-state index in [1.54, 1.807) is 0 Å². The van der Waals surface area contributed by atoms with Gasteiger partial charge >= 0.3 is 6.18 Å². The molecule has 0 bridgehead atoms. The highest BCUT2D eigenvalue weighted by molar-refractivity contribution is 7.80. The summed E-state index contributed by atoms with van der Waals surface area (Å²) in [4.78, 5) is 1.92. The van der Waals surface area contributed by atoms with Crippen LogP contribution in [0.25, 0.3) is 0 Å². The lowest BCUT2D eigenvalue weighted by Crippen LogP contribution is -2.43. The molecule has 0 saturated carbocycles. The van der Waals surface area contributed by atoms with Crippen LogP contribution in [0.1, 0.15) is 19.8 Å². The van der Waals surface area contributed by atoms with Crippen molar-refractivity contribution in [1.82, 2.24) is 4.90 Å². The smallest absolute Gasteiger partial charge is 0.302 e. The SMILES string of the molecule is CC(CS)CN1CCCC(C(F)(F)F)C1. The van der Waals surface area contributed by atoms with Gasteiger partial charge in [0.15, 0.2) is 0 Å². The molecule has 1 aliphatic heterocycles. The lowest BCUT2D eigenvalue weighted by atomic mass is 9.97. The summed E-state index contributed by atoms with van der Waals surface area (Å²) in [5, 5.41) is 0. The van der Waals surface area contributed by atoms with Crippen LogP contribution in [0.15, 0.2) is 0 Å². The van der Waals surface area contributed by atoms with Gasteiger partial charge in [-0.2, -0.15) is 25.8 Å². The minimum atomic E-state index is -4.02. The van der Waals surface area contributed by atoms with Crippen LogP contribution in [0.4, 0.5) is 13.2 Å². The fourth-order valence-electron chi connectivity index (χ4n) is 1.99. The predicted molar refractivity (Wildman–Crippen MR) is 58.2 cm³/mol. The van der Waals surface area contributed by atoms with Crippen LogP contribution in [-0.2, 0) is 0 Å². The van der Waals surface area contributed by atoms with Gasteiger partial charge in [-0.1, -0.05) is 6.92 Å². The topological polar surface area (TPSA) is 3.24 Å². The summed E-state index contributed by atoms with van der Waals surface area (Å²) >= 11 is 4.15. The molecule has 0 N–H and O–H groups in total. The Kier molecular flexibility index (Phi) is 4.77. The van der Waals surface area contributed by atoms with E-state index in [1.165, 1.54) is 0 Å². The Labute approximate surface area is 94.4 Å². The second-order valence-corrected chi connectivity index (χ2v) is 4.79. The Morgan fingerprint density at radius 2 is 2.13 bits per heavy atom. The third-order valence-corrected chi connectivity index (χ3v) is 3.47. The number of thiol groups is 1. The standard InChI is InChI=1S/C10H18F3NS/c1-8(7-15)5-14-4-2-3-9(6-14)10(11,12)13/h8-9,15H,2-7H2,1H3. The highest BCUT2D eigenvalue weighted by Crippen LogP contribution is 2.33. The highest BCUT2D eigenvalue weighted by atomic mass is 32.1. The van der Waals surface area contributed by atoms with E-state index in [2.05, 4.69) is 12.6 Å². The molecule has 2 atom stereocenters. The maximum atomic E-state index is 12.5. The van der Waals surface area contributed by atoms with Crippen LogP contribution in [0.3, 0.4) is 0 Å². The van der Waals surface area contributed by atoms with Crippen LogP contribution in [0.2, 0.25) is 0 Å². The van der Waals surface area contributed by atoms with Gasteiger partial charge in [0.1, 0.15) is 0 Å². The van der Waals surface area contributed by atoms with Gasteiger partial charge in [-0.3, -0.25) is 0 Å². The number of rotatable bonds is 3. The molecule has 1 nitrogen and oxygen atoms in total. The molecule has 1 heterocycles. The Balaban J connectivity index is 2.42. The normalized spacial score (nSPS) is 26.6. The second-order valence-electron chi connectivity index (χ2n) is 4.43. The van der Waals surface area contributed by atoms with Crippen molar-refractivity contribution in [3.05, 3.63) is 0 Å². The molecule has 0 aliphatic carbocycles. The molecular formula is C10H18F3NS. The quantitative estimate of drug-likeness (QED) is 0.744. The van der Waals surface area contributed by atoms with Crippen LogP contribution in [0, 0.1) is 11.8 Å². The Hall–Kier alpha value is 0.100. The number of hydrogen-bond acceptors (Lipinski definition) is 2. The number of piperidine rings is 1. The van der Waals surface area contributed by atoms with E-state index in [0.717, 1.165) is 18.8 Å². The molecule has 5 heteroatoms. The molecule has 0 spiro atoms. The Bertz CT molecular complexity index is 196. The summed E-state index contributed by atoms with van der Waals surface area (Å²) in [7, 11) is 0. The van der Waals surface area contributed by atoms with Gasteiger partial charge in [0.2, 0.25) is 0 Å². The third kappa shape index (κ3) is 4.23. The molecule has 0 aromatic rings. The molecule has 1 fully saturated rings. The first-order chi connectivity index (χ1) is 6.93. The van der Waals surface area contributed by atoms with Crippen molar-refractivity contribution < 1.29 is 13.2 Å². The number of likely N-dealkylation sites (tertiary alicyclic amines) is 1. The molecule has 0 amide bonds. The average Bonchev–Trinajstić information content (AvgIpc) is 2.17. The van der Waals surface area contributed by atoms with Crippen molar-refractivity contribution in [3.63, 3.8) is 0 Å². The van der Waals surface area contributed by atoms with E-state index >= 15 is 0 Å². The van der Waals surface area contributed by atoms with E-state index in [1.807, 2.05) is 11.8 Å². The van der Waals surface area contributed by atoms with Crippen LogP contribution < -0.4 is 0 Å². The van der Waals surface area contributed by atoms with Gasteiger partial charge in [-0.25, -0.2) is 0 Å². The molecule has 90 valence electrons. The maximum Gasteiger partial charge on any atom is 0.393 e. The summed E-state index contributed by atoms with van der Waals surface area (Å²) in [6.45, 7) is 3.71. The molecule has 1 aliphatic rings. The van der Waals surface area contributed by atoms with Crippen molar-refractivity contribution in [1.29, 1.82) is 0 Å². The van der Waals surface area contributed by atoms with Crippen LogP contribution in [0.5, 0.6) is 0 Å². The lowest BCUT2D eigenvalue weighted by molar-refractivity contribution is -0.187. The Morgan fingerprint density at radius 1 is 1.47 bits per heavy atom. The van der Waals surface area contributed by atoms with Gasteiger partial charge in [0.05, 0.1) is 5.92 Å². The van der Waals surface area contributed by atoms with Crippen molar-refractivity contribution in [2.75, 3.05) is 25.4 Å². The van der Waals surface area contributed by atoms with Crippen molar-refractivity contribution >= 4 is 12.6 Å². The number of hydrogen-bond donors (Lipinski definition) is 1. The molecule has 1 rings (SSSR count). The second kappa shape index (κ2) is 5.43. The van der Waals surface area contributed by atoms with E-state index in [9.17, 15) is 13.2 Å². The molecule has 0 aromatic heterocycles. The van der Waals surface area contributed by atoms with Gasteiger partial charge in [-0.15, -0.1) is 0 Å². The van der Waals surface area contributed by atoms with Gasteiger partial charge in [-0.05, 0) is 31.1 Å². The average molecular weight is 241 g/mol. The lowest BCUT2D eigenvalue weighted by Gasteiger charge is -2.34. The van der Waals surface area contributed by atoms with Crippen molar-refractivity contribution in [3.8, 4) is 0 Å². The molecule has 0 aromatic carbocycles. The van der Waals surface area contributed by atoms with Crippen molar-refractivity contribution in [2.45, 2.75) is 25.9 Å². The number of nitrogens with zero attached hydrogens (tertiary/aromatic N) is 1. The largest absolute Gasteiger partial charge is 0.393 e. The first kappa shape index (κ1) is 13.2. The maximum absolute atomic E-state index is 12.5. The highest BCUT2D eigenvalue weighted by Gasteiger charge is 2.41. The molecular weight excluding hydrogens is 223 g/mol. The summed E-state index contributed by atoms with van der Waals surface area (Å²) < 4.78 is 37.5. The minimum absolute atomic E-state index is 0.168. The van der Waals surface area contributed by atoms with Crippen molar-refractivity contribution in [2.24, 2.45) is 11.8 Å². The third-order valence-electron chi connectivity index (χ3n) is 2.85. The first-order valence-corrected chi connectivity index (χ1v) is 5.96. The first-order valence-electron chi connectivity index (χ1n) is 5.33. The van der Waals surface area contributed by atoms with E-state index < -0.39 is 12.1 Å². The van der Waals surface area contributed by atoms with E-state index in [0.29, 0.717) is 12.3 Å². The molecule has 15 heavy (non-hydrogen) atoms. The summed E-state index contributed by atoms with van der Waals surface area (Å²) in [6, 6.07) is 0. The fourth-order valence-corrected chi connectivity index (χ4v) is 2.10. The Morgan fingerprint density at radius 3 is 2.67 bits per heavy atom. The molecule has 2 unspecified atom stereocenters. The van der Waals surface area contributed by atoms with Gasteiger partial charge < -0.3 is 4.90 Å². The van der Waals surface area contributed by atoms with Gasteiger partial charge in [0, 0.05) is 13.1 Å². The van der Waals surface area contributed by atoms with Crippen LogP contribution in [-0.4, -0.2) is 36.5 Å². The minimum Gasteiger partial charge on any atom is -0.302 e. The molecule has 1 saturated heterocycles. The van der Waals surface area contributed by atoms with Gasteiger partial charge in [0.25, 0.3) is 0 Å². The summed E-state index contributed by atoms with van der Waals surface area (Å²) in [6.07, 6.45) is -3.08. The van der Waals surface area contributed by atoms with E-state index in [4.69, 9.17) is 0 Å². The number of alkyl halides is 3. The summed E-state index contributed by atoms with van der Waals surface area (Å²) in [5.41, 5.74) is 0. The zero-order valence-electron chi connectivity index (χ0n) is 8.93. The fraction of sp³-hybridized carbons (Fsp3) is 1.00. The summed E-state index contributed by atoms with van der Waals surface area (Å²) in [5.74, 6) is -0.0358. The monoisotopic (exact) mass is 241 g/mol. The molecule has 0 radical (unpaired) electrons. The number of halogens is 3. The predicted octanol–water partition coefficient (Wildman–Crippen LogP) is 2.83. The van der Waals surface area contributed by atoms with E-state index in [-0.39, 0.29) is 13.0 Å². The van der Waals surface area contributed by atoms with Crippen LogP contribution >= 0.6 is 12.6 Å².